The van der Waals surface area contributed by atoms with Crippen LogP contribution in [-0.4, -0.2) is 149 Å². The van der Waals surface area contributed by atoms with Gasteiger partial charge < -0.3 is 20.6 Å². The van der Waals surface area contributed by atoms with Crippen molar-refractivity contribution in [2.24, 2.45) is 5.92 Å². The van der Waals surface area contributed by atoms with Crippen molar-refractivity contribution in [3.63, 3.8) is 0 Å². The maximum Gasteiger partial charge on any atom is 0.391 e. The summed E-state index contributed by atoms with van der Waals surface area (Å²) in [5, 5.41) is 26.0. The van der Waals surface area contributed by atoms with Crippen LogP contribution in [0.5, 0.6) is 0 Å². The SMILES string of the molecule is CCC1NC2C(NC1C)C(=O)C(N1CCN(C(=O)C3NCNC(C)C3O)CC1)C(CC)N2CC(=O)NC1CCC(C(F)(F)F)CC1Cl. The van der Waals surface area contributed by atoms with E-state index in [4.69, 9.17) is 11.6 Å². The van der Waals surface area contributed by atoms with Gasteiger partial charge in [0.05, 0.1) is 42.2 Å². The summed E-state index contributed by atoms with van der Waals surface area (Å²) in [4.78, 5) is 47.1. The third-order valence-corrected chi connectivity index (χ3v) is 11.6. The van der Waals surface area contributed by atoms with Crippen LogP contribution in [-0.2, 0) is 14.4 Å². The molecule has 12 unspecified atom stereocenters. The fourth-order valence-corrected chi connectivity index (χ4v) is 8.71. The van der Waals surface area contributed by atoms with Gasteiger partial charge in [-0.25, -0.2) is 0 Å². The summed E-state index contributed by atoms with van der Waals surface area (Å²) in [5.74, 6) is -1.92. The van der Waals surface area contributed by atoms with Gasteiger partial charge in [0.1, 0.15) is 6.04 Å². The first-order valence-corrected chi connectivity index (χ1v) is 17.7. The number of carbonyl (C=O) groups excluding carboxylic acids is 3. The first-order chi connectivity index (χ1) is 22.2. The van der Waals surface area contributed by atoms with Crippen molar-refractivity contribution in [3.05, 3.63) is 0 Å². The number of rotatable bonds is 7. The lowest BCUT2D eigenvalue weighted by Crippen LogP contribution is -2.81. The summed E-state index contributed by atoms with van der Waals surface area (Å²) in [6, 6.07) is -2.82. The molecule has 4 aliphatic heterocycles. The number of fused-ring (bicyclic) bond motifs is 1. The lowest BCUT2D eigenvalue weighted by atomic mass is 9.83. The number of nitrogens with zero attached hydrogens (tertiary/aromatic N) is 3. The lowest BCUT2D eigenvalue weighted by Gasteiger charge is -2.56. The Morgan fingerprint density at radius 3 is 2.34 bits per heavy atom. The highest BCUT2D eigenvalue weighted by Gasteiger charge is 2.54. The van der Waals surface area contributed by atoms with Crippen LogP contribution >= 0.6 is 11.6 Å². The largest absolute Gasteiger partial charge is 0.391 e. The van der Waals surface area contributed by atoms with Crippen LogP contribution in [0.1, 0.15) is 59.8 Å². The number of alkyl halides is 4. The first kappa shape index (κ1) is 36.7. The summed E-state index contributed by atoms with van der Waals surface area (Å²) >= 11 is 6.38. The molecule has 0 radical (unpaired) electrons. The van der Waals surface area contributed by atoms with Gasteiger partial charge in [-0.05, 0) is 46.0 Å². The second-order valence-electron chi connectivity index (χ2n) is 14.0. The number of ketones is 1. The molecule has 1 aliphatic carbocycles. The molecule has 0 spiro atoms. The molecule has 0 aromatic heterocycles. The normalized spacial score (nSPS) is 41.0. The van der Waals surface area contributed by atoms with Gasteiger partial charge in [0.15, 0.2) is 5.78 Å². The Balaban J connectivity index is 1.30. The Bertz CT molecular complexity index is 1130. The molecule has 0 aromatic carbocycles. The Hall–Kier alpha value is -1.59. The van der Waals surface area contributed by atoms with Crippen LogP contribution in [0.15, 0.2) is 0 Å². The summed E-state index contributed by atoms with van der Waals surface area (Å²) in [7, 11) is 0. The van der Waals surface area contributed by atoms with E-state index in [0.717, 1.165) is 6.42 Å². The first-order valence-electron chi connectivity index (χ1n) is 17.2. The lowest BCUT2D eigenvalue weighted by molar-refractivity contribution is -0.182. The van der Waals surface area contributed by atoms with E-state index in [-0.39, 0.29) is 67.6 Å². The average molecular weight is 693 g/mol. The molecule has 12 nitrogen and oxygen atoms in total. The van der Waals surface area contributed by atoms with Gasteiger partial charge in [-0.2, -0.15) is 13.2 Å². The van der Waals surface area contributed by atoms with E-state index in [2.05, 4.69) is 38.4 Å². The van der Waals surface area contributed by atoms with Gasteiger partial charge in [-0.15, -0.1) is 11.6 Å². The summed E-state index contributed by atoms with van der Waals surface area (Å²) in [6.07, 6.45) is -4.38. The Morgan fingerprint density at radius 2 is 1.72 bits per heavy atom. The van der Waals surface area contributed by atoms with Crippen molar-refractivity contribution >= 4 is 29.2 Å². The van der Waals surface area contributed by atoms with Crippen molar-refractivity contribution in [1.82, 2.24) is 41.3 Å². The molecule has 5 rings (SSSR count). The second-order valence-corrected chi connectivity index (χ2v) is 14.6. The Labute approximate surface area is 280 Å². The van der Waals surface area contributed by atoms with Gasteiger partial charge >= 0.3 is 6.18 Å². The molecule has 5 fully saturated rings. The summed E-state index contributed by atoms with van der Waals surface area (Å²) in [6.45, 7) is 10.0. The number of piperidine rings is 1. The van der Waals surface area contributed by atoms with Crippen molar-refractivity contribution in [2.45, 2.75) is 132 Å². The van der Waals surface area contributed by atoms with E-state index in [1.165, 1.54) is 0 Å². The number of halogens is 4. The standard InChI is InChI=1S/C31H52ClF3N8O4/c1-5-20-16(3)38-24-28(46)26(41-9-11-42(12-10-41)30(47)25-27(45)17(4)36-15-37-25)22(6-2)43(29(24)40-20)14-23(44)39-21-8-7-18(13-19(21)32)31(33,34)35/h16-22,24-27,29,36-38,40,45H,5-15H2,1-4H3,(H,39,44). The number of aliphatic hydroxyl groups excluding tert-OH is 1. The number of carbonyl (C=O) groups is 3. The average Bonchev–Trinajstić information content (AvgIpc) is 3.03. The van der Waals surface area contributed by atoms with Crippen molar-refractivity contribution in [2.75, 3.05) is 39.4 Å². The van der Waals surface area contributed by atoms with E-state index >= 15 is 0 Å². The third kappa shape index (κ3) is 7.77. The summed E-state index contributed by atoms with van der Waals surface area (Å²) < 4.78 is 39.9. The number of hydrogen-bond acceptors (Lipinski definition) is 10. The Kier molecular flexibility index (Phi) is 11.8. The predicted octanol–water partition coefficient (Wildman–Crippen LogP) is -0.0600. The molecule has 12 atom stereocenters. The molecule has 4 heterocycles. The van der Waals surface area contributed by atoms with Gasteiger partial charge in [-0.3, -0.25) is 40.1 Å². The maximum atomic E-state index is 14.3. The zero-order valence-corrected chi connectivity index (χ0v) is 28.5. The molecular formula is C31H52ClF3N8O4. The molecule has 1 saturated carbocycles. The number of likely N-dealkylation sites (tertiary alicyclic amines) is 1. The molecule has 268 valence electrons. The fourth-order valence-electron chi connectivity index (χ4n) is 8.31. The third-order valence-electron chi connectivity index (χ3n) is 11.1. The van der Waals surface area contributed by atoms with Gasteiger partial charge in [0, 0.05) is 63.1 Å². The van der Waals surface area contributed by atoms with Crippen molar-refractivity contribution in [3.8, 4) is 0 Å². The number of amides is 2. The fraction of sp³-hybridized carbons (Fsp3) is 0.903. The topological polar surface area (TPSA) is 141 Å². The van der Waals surface area contributed by atoms with E-state index in [0.29, 0.717) is 39.3 Å². The van der Waals surface area contributed by atoms with Crippen LogP contribution in [0.25, 0.3) is 0 Å². The highest BCUT2D eigenvalue weighted by atomic mass is 35.5. The van der Waals surface area contributed by atoms with Crippen LogP contribution in [0, 0.1) is 5.92 Å². The molecule has 16 heteroatoms. The molecule has 0 bridgehead atoms. The summed E-state index contributed by atoms with van der Waals surface area (Å²) in [5.41, 5.74) is 0. The number of Topliss-reactive ketones (excluding diaryl/α,β-unsaturated/α-hetero) is 1. The molecule has 4 saturated heterocycles. The minimum absolute atomic E-state index is 0.0151. The highest BCUT2D eigenvalue weighted by Crippen LogP contribution is 2.39. The molecule has 0 aromatic rings. The van der Waals surface area contributed by atoms with Gasteiger partial charge in [0.2, 0.25) is 11.8 Å². The minimum Gasteiger partial charge on any atom is -0.389 e. The highest BCUT2D eigenvalue weighted by molar-refractivity contribution is 6.21. The van der Waals surface area contributed by atoms with E-state index < -0.39 is 53.9 Å². The zero-order valence-electron chi connectivity index (χ0n) is 27.7. The maximum absolute atomic E-state index is 14.3. The van der Waals surface area contributed by atoms with Crippen LogP contribution < -0.4 is 26.6 Å². The number of piperazine rings is 2. The second kappa shape index (κ2) is 15.1. The van der Waals surface area contributed by atoms with Crippen molar-refractivity contribution in [1.29, 1.82) is 0 Å². The van der Waals surface area contributed by atoms with Crippen molar-refractivity contribution < 1.29 is 32.7 Å². The monoisotopic (exact) mass is 692 g/mol. The minimum atomic E-state index is -4.31. The molecule has 6 N–H and O–H groups in total. The van der Waals surface area contributed by atoms with Crippen LogP contribution in [0.3, 0.4) is 0 Å². The molecule has 5 aliphatic rings. The van der Waals surface area contributed by atoms with Gasteiger partial charge in [-0.1, -0.05) is 13.8 Å². The molecular weight excluding hydrogens is 641 g/mol. The van der Waals surface area contributed by atoms with Gasteiger partial charge in [0.25, 0.3) is 0 Å². The van der Waals surface area contributed by atoms with Crippen LogP contribution in [0.2, 0.25) is 0 Å². The van der Waals surface area contributed by atoms with E-state index in [1.807, 2.05) is 25.7 Å². The number of nitrogens with one attached hydrogen (secondary N) is 5. The predicted molar refractivity (Wildman–Crippen MR) is 170 cm³/mol. The number of aliphatic hydroxyl groups is 1. The quantitative estimate of drug-likeness (QED) is 0.201. The van der Waals surface area contributed by atoms with E-state index in [9.17, 15) is 32.7 Å². The molecule has 2 amide bonds. The van der Waals surface area contributed by atoms with E-state index in [1.54, 1.807) is 4.90 Å². The molecule has 47 heavy (non-hydrogen) atoms. The number of hydrogen-bond donors (Lipinski definition) is 6. The van der Waals surface area contributed by atoms with Crippen LogP contribution in [0.4, 0.5) is 13.2 Å². The Morgan fingerprint density at radius 1 is 1.02 bits per heavy atom. The zero-order chi connectivity index (χ0) is 34.2. The smallest absolute Gasteiger partial charge is 0.389 e.